The molecule has 1 aromatic carbocycles. The van der Waals surface area contributed by atoms with Crippen molar-refractivity contribution in [2.24, 2.45) is 0 Å². The van der Waals surface area contributed by atoms with Gasteiger partial charge >= 0.3 is 5.91 Å². The van der Waals surface area contributed by atoms with Crippen LogP contribution in [0, 0.1) is 12.7 Å². The molecule has 2 aromatic rings. The molecule has 5 nitrogen and oxygen atoms in total. The van der Waals surface area contributed by atoms with E-state index in [1.54, 1.807) is 30.2 Å². The monoisotopic (exact) mass is 289 g/mol. The second kappa shape index (κ2) is 5.55. The van der Waals surface area contributed by atoms with Crippen molar-refractivity contribution in [3.05, 3.63) is 47.9 Å². The maximum atomic E-state index is 12.9. The van der Waals surface area contributed by atoms with Gasteiger partial charge in [0, 0.05) is 31.9 Å². The van der Waals surface area contributed by atoms with Crippen LogP contribution in [0.2, 0.25) is 0 Å². The van der Waals surface area contributed by atoms with Crippen LogP contribution in [0.5, 0.6) is 0 Å². The molecular weight excluding hydrogens is 273 g/mol. The highest BCUT2D eigenvalue weighted by atomic mass is 19.1. The van der Waals surface area contributed by atoms with Crippen LogP contribution in [0.15, 0.2) is 34.9 Å². The molecule has 0 aliphatic carbocycles. The zero-order valence-electron chi connectivity index (χ0n) is 11.8. The number of rotatable bonds is 2. The summed E-state index contributed by atoms with van der Waals surface area (Å²) in [6.07, 6.45) is 1.54. The number of amides is 1. The molecule has 1 fully saturated rings. The quantitative estimate of drug-likeness (QED) is 0.849. The normalized spacial score (nSPS) is 15.3. The first kappa shape index (κ1) is 13.6. The van der Waals surface area contributed by atoms with E-state index < -0.39 is 0 Å². The van der Waals surface area contributed by atoms with Gasteiger partial charge in [-0.05, 0) is 31.2 Å². The fourth-order valence-electron chi connectivity index (χ4n) is 2.41. The molecule has 3 rings (SSSR count). The van der Waals surface area contributed by atoms with Gasteiger partial charge in [-0.25, -0.2) is 9.37 Å². The number of piperazine rings is 1. The SMILES string of the molecule is Cc1cnc(C(=O)N2CCN(c3ccc(F)cc3)CC2)o1. The van der Waals surface area contributed by atoms with Crippen molar-refractivity contribution in [3.63, 3.8) is 0 Å². The van der Waals surface area contributed by atoms with E-state index in [2.05, 4.69) is 9.88 Å². The summed E-state index contributed by atoms with van der Waals surface area (Å²) in [6, 6.07) is 6.40. The minimum Gasteiger partial charge on any atom is -0.438 e. The first-order chi connectivity index (χ1) is 10.1. The van der Waals surface area contributed by atoms with Gasteiger partial charge in [-0.1, -0.05) is 0 Å². The Hall–Kier alpha value is -2.37. The Balaban J connectivity index is 1.62. The summed E-state index contributed by atoms with van der Waals surface area (Å²) in [5.74, 6) is 0.347. The molecule has 1 aliphatic rings. The van der Waals surface area contributed by atoms with E-state index in [9.17, 15) is 9.18 Å². The van der Waals surface area contributed by atoms with Crippen molar-refractivity contribution in [3.8, 4) is 0 Å². The lowest BCUT2D eigenvalue weighted by molar-refractivity contribution is 0.0705. The Morgan fingerprint density at radius 3 is 2.43 bits per heavy atom. The second-order valence-electron chi connectivity index (χ2n) is 5.03. The van der Waals surface area contributed by atoms with E-state index in [0.717, 1.165) is 5.69 Å². The first-order valence-corrected chi connectivity index (χ1v) is 6.86. The Bertz CT molecular complexity index is 631. The third-order valence-electron chi connectivity index (χ3n) is 3.56. The molecule has 6 heteroatoms. The summed E-state index contributed by atoms with van der Waals surface area (Å²) in [5.41, 5.74) is 0.968. The molecule has 2 heterocycles. The minimum absolute atomic E-state index is 0.141. The zero-order valence-corrected chi connectivity index (χ0v) is 11.8. The third-order valence-corrected chi connectivity index (χ3v) is 3.56. The topological polar surface area (TPSA) is 49.6 Å². The van der Waals surface area contributed by atoms with Crippen LogP contribution in [-0.2, 0) is 0 Å². The molecule has 0 unspecified atom stereocenters. The molecule has 0 radical (unpaired) electrons. The van der Waals surface area contributed by atoms with Crippen molar-refractivity contribution in [2.75, 3.05) is 31.1 Å². The summed E-state index contributed by atoms with van der Waals surface area (Å²) in [4.78, 5) is 20.0. The molecule has 0 atom stereocenters. The Morgan fingerprint density at radius 2 is 1.86 bits per heavy atom. The number of anilines is 1. The van der Waals surface area contributed by atoms with Crippen LogP contribution in [0.25, 0.3) is 0 Å². The van der Waals surface area contributed by atoms with Gasteiger partial charge < -0.3 is 14.2 Å². The molecule has 1 amide bonds. The highest BCUT2D eigenvalue weighted by Gasteiger charge is 2.25. The largest absolute Gasteiger partial charge is 0.438 e. The summed E-state index contributed by atoms with van der Waals surface area (Å²) >= 11 is 0. The lowest BCUT2D eigenvalue weighted by Gasteiger charge is -2.35. The van der Waals surface area contributed by atoms with Gasteiger partial charge in [0.1, 0.15) is 11.6 Å². The molecule has 1 aromatic heterocycles. The molecule has 21 heavy (non-hydrogen) atoms. The number of hydrogen-bond acceptors (Lipinski definition) is 4. The van der Waals surface area contributed by atoms with E-state index in [-0.39, 0.29) is 17.6 Å². The lowest BCUT2D eigenvalue weighted by atomic mass is 10.2. The minimum atomic E-state index is -0.244. The van der Waals surface area contributed by atoms with E-state index in [1.807, 2.05) is 0 Å². The molecule has 1 aliphatic heterocycles. The van der Waals surface area contributed by atoms with Crippen LogP contribution in [0.4, 0.5) is 10.1 Å². The van der Waals surface area contributed by atoms with Crippen molar-refractivity contribution >= 4 is 11.6 Å². The predicted octanol–water partition coefficient (Wildman–Crippen LogP) is 2.08. The maximum absolute atomic E-state index is 12.9. The van der Waals surface area contributed by atoms with Crippen LogP contribution in [0.3, 0.4) is 0 Å². The van der Waals surface area contributed by atoms with E-state index in [4.69, 9.17) is 4.42 Å². The fourth-order valence-corrected chi connectivity index (χ4v) is 2.41. The predicted molar refractivity (Wildman–Crippen MR) is 75.8 cm³/mol. The van der Waals surface area contributed by atoms with Gasteiger partial charge in [-0.15, -0.1) is 0 Å². The average Bonchev–Trinajstić information content (AvgIpc) is 2.94. The summed E-state index contributed by atoms with van der Waals surface area (Å²) in [5, 5.41) is 0. The summed E-state index contributed by atoms with van der Waals surface area (Å²) in [6.45, 7) is 4.36. The maximum Gasteiger partial charge on any atom is 0.309 e. The fraction of sp³-hybridized carbons (Fsp3) is 0.333. The molecule has 0 bridgehead atoms. The molecule has 1 saturated heterocycles. The number of benzene rings is 1. The molecule has 0 N–H and O–H groups in total. The molecule has 110 valence electrons. The van der Waals surface area contributed by atoms with Crippen molar-refractivity contribution in [2.45, 2.75) is 6.92 Å². The highest BCUT2D eigenvalue weighted by Crippen LogP contribution is 2.17. The number of halogens is 1. The van der Waals surface area contributed by atoms with Gasteiger partial charge in [-0.3, -0.25) is 4.79 Å². The molecule has 0 spiro atoms. The van der Waals surface area contributed by atoms with Gasteiger partial charge in [0.2, 0.25) is 0 Å². The number of carbonyl (C=O) groups is 1. The number of hydrogen-bond donors (Lipinski definition) is 0. The number of oxazole rings is 1. The van der Waals surface area contributed by atoms with Crippen molar-refractivity contribution in [1.82, 2.24) is 9.88 Å². The Morgan fingerprint density at radius 1 is 1.19 bits per heavy atom. The Labute approximate surface area is 122 Å². The van der Waals surface area contributed by atoms with Gasteiger partial charge in [0.05, 0.1) is 6.20 Å². The van der Waals surface area contributed by atoms with Gasteiger partial charge in [0.15, 0.2) is 0 Å². The van der Waals surface area contributed by atoms with Crippen molar-refractivity contribution in [1.29, 1.82) is 0 Å². The number of nitrogens with zero attached hydrogens (tertiary/aromatic N) is 3. The van der Waals surface area contributed by atoms with Crippen LogP contribution in [-0.4, -0.2) is 42.0 Å². The van der Waals surface area contributed by atoms with Crippen LogP contribution < -0.4 is 4.90 Å². The second-order valence-corrected chi connectivity index (χ2v) is 5.03. The van der Waals surface area contributed by atoms with E-state index in [1.165, 1.54) is 12.1 Å². The average molecular weight is 289 g/mol. The molecule has 0 saturated carbocycles. The van der Waals surface area contributed by atoms with Crippen molar-refractivity contribution < 1.29 is 13.6 Å². The lowest BCUT2D eigenvalue weighted by Crippen LogP contribution is -2.48. The highest BCUT2D eigenvalue weighted by molar-refractivity contribution is 5.89. The number of aromatic nitrogens is 1. The Kier molecular flexibility index (Phi) is 3.60. The summed E-state index contributed by atoms with van der Waals surface area (Å²) < 4.78 is 18.2. The number of aryl methyl sites for hydroxylation is 1. The molecular formula is C15H16FN3O2. The van der Waals surface area contributed by atoms with Gasteiger partial charge in [0.25, 0.3) is 5.89 Å². The van der Waals surface area contributed by atoms with Crippen LogP contribution >= 0.6 is 0 Å². The standard InChI is InChI=1S/C15H16FN3O2/c1-11-10-17-14(21-11)15(20)19-8-6-18(7-9-19)13-4-2-12(16)3-5-13/h2-5,10H,6-9H2,1H3. The zero-order chi connectivity index (χ0) is 14.8. The number of carbonyl (C=O) groups excluding carboxylic acids is 1. The van der Waals surface area contributed by atoms with Crippen LogP contribution in [0.1, 0.15) is 16.4 Å². The van der Waals surface area contributed by atoms with Gasteiger partial charge in [-0.2, -0.15) is 0 Å². The smallest absolute Gasteiger partial charge is 0.309 e. The van der Waals surface area contributed by atoms with E-state index in [0.29, 0.717) is 31.9 Å². The summed E-state index contributed by atoms with van der Waals surface area (Å²) in [7, 11) is 0. The first-order valence-electron chi connectivity index (χ1n) is 6.86. The van der Waals surface area contributed by atoms with E-state index >= 15 is 0 Å². The third kappa shape index (κ3) is 2.89.